The molecule has 0 radical (unpaired) electrons. The lowest BCUT2D eigenvalue weighted by Gasteiger charge is -2.18. The standard InChI is InChI=1S/C17H26N4/c1-12(2)21-17(19-11-20-21)10-16(18-5)9-15-7-13(3)6-14(4)8-15/h6-8,11-12,16,18H,9-10H2,1-5H3. The van der Waals surface area contributed by atoms with E-state index in [0.29, 0.717) is 12.1 Å². The molecule has 0 aliphatic rings. The van der Waals surface area contributed by atoms with E-state index in [1.165, 1.54) is 16.7 Å². The molecular weight excluding hydrogens is 260 g/mol. The van der Waals surface area contributed by atoms with Crippen LogP contribution in [0.1, 0.15) is 42.4 Å². The molecule has 2 rings (SSSR count). The third-order valence-corrected chi connectivity index (χ3v) is 3.74. The van der Waals surface area contributed by atoms with Crippen LogP contribution in [-0.2, 0) is 12.8 Å². The Morgan fingerprint density at radius 3 is 2.33 bits per heavy atom. The highest BCUT2D eigenvalue weighted by atomic mass is 15.3. The first-order valence-electron chi connectivity index (χ1n) is 7.62. The van der Waals surface area contributed by atoms with E-state index in [1.807, 2.05) is 11.7 Å². The first-order valence-corrected chi connectivity index (χ1v) is 7.62. The number of rotatable bonds is 6. The molecule has 1 N–H and O–H groups in total. The van der Waals surface area contributed by atoms with Gasteiger partial charge in [0.25, 0.3) is 0 Å². The minimum atomic E-state index is 0.348. The van der Waals surface area contributed by atoms with E-state index in [0.717, 1.165) is 18.7 Å². The van der Waals surface area contributed by atoms with Crippen LogP contribution in [0, 0.1) is 13.8 Å². The predicted molar refractivity (Wildman–Crippen MR) is 86.6 cm³/mol. The van der Waals surface area contributed by atoms with Gasteiger partial charge >= 0.3 is 0 Å². The highest BCUT2D eigenvalue weighted by molar-refractivity contribution is 5.29. The largest absolute Gasteiger partial charge is 0.316 e. The minimum Gasteiger partial charge on any atom is -0.316 e. The summed E-state index contributed by atoms with van der Waals surface area (Å²) in [6.45, 7) is 8.58. The van der Waals surface area contributed by atoms with Gasteiger partial charge in [0.05, 0.1) is 0 Å². The molecule has 1 unspecified atom stereocenters. The van der Waals surface area contributed by atoms with Crippen molar-refractivity contribution >= 4 is 0 Å². The summed E-state index contributed by atoms with van der Waals surface area (Å²) < 4.78 is 2.01. The van der Waals surface area contributed by atoms with E-state index in [1.54, 1.807) is 6.33 Å². The maximum Gasteiger partial charge on any atom is 0.138 e. The fourth-order valence-electron chi connectivity index (χ4n) is 2.82. The van der Waals surface area contributed by atoms with Crippen molar-refractivity contribution in [2.24, 2.45) is 0 Å². The zero-order chi connectivity index (χ0) is 15.4. The van der Waals surface area contributed by atoms with Gasteiger partial charge in [0, 0.05) is 18.5 Å². The van der Waals surface area contributed by atoms with Gasteiger partial charge in [-0.25, -0.2) is 9.67 Å². The van der Waals surface area contributed by atoms with Crippen LogP contribution in [0.3, 0.4) is 0 Å². The van der Waals surface area contributed by atoms with Gasteiger partial charge in [0.1, 0.15) is 12.2 Å². The highest BCUT2D eigenvalue weighted by Gasteiger charge is 2.14. The number of hydrogen-bond donors (Lipinski definition) is 1. The number of likely N-dealkylation sites (N-methyl/N-ethyl adjacent to an activating group) is 1. The Morgan fingerprint density at radius 2 is 1.76 bits per heavy atom. The molecule has 0 aliphatic heterocycles. The third-order valence-electron chi connectivity index (χ3n) is 3.74. The lowest BCUT2D eigenvalue weighted by atomic mass is 9.99. The fourth-order valence-corrected chi connectivity index (χ4v) is 2.82. The molecule has 4 nitrogen and oxygen atoms in total. The molecule has 2 aromatic rings. The van der Waals surface area contributed by atoms with E-state index < -0.39 is 0 Å². The van der Waals surface area contributed by atoms with Crippen LogP contribution in [0.5, 0.6) is 0 Å². The van der Waals surface area contributed by atoms with Crippen LogP contribution >= 0.6 is 0 Å². The van der Waals surface area contributed by atoms with Gasteiger partial charge in [-0.2, -0.15) is 5.10 Å². The Labute approximate surface area is 127 Å². The van der Waals surface area contributed by atoms with Crippen LogP contribution in [0.25, 0.3) is 0 Å². The third kappa shape index (κ3) is 4.14. The number of nitrogens with one attached hydrogen (secondary N) is 1. The minimum absolute atomic E-state index is 0.348. The second-order valence-corrected chi connectivity index (χ2v) is 6.10. The Balaban J connectivity index is 2.11. The molecule has 0 saturated heterocycles. The number of benzene rings is 1. The second kappa shape index (κ2) is 6.85. The molecule has 0 spiro atoms. The molecule has 21 heavy (non-hydrogen) atoms. The molecular formula is C17H26N4. The van der Waals surface area contributed by atoms with E-state index in [-0.39, 0.29) is 0 Å². The van der Waals surface area contributed by atoms with Gasteiger partial charge in [-0.3, -0.25) is 0 Å². The molecule has 114 valence electrons. The highest BCUT2D eigenvalue weighted by Crippen LogP contribution is 2.14. The van der Waals surface area contributed by atoms with Crippen molar-refractivity contribution in [1.82, 2.24) is 20.1 Å². The first-order chi connectivity index (χ1) is 9.99. The van der Waals surface area contributed by atoms with Crippen LogP contribution in [0.15, 0.2) is 24.5 Å². The Hall–Kier alpha value is -1.68. The van der Waals surface area contributed by atoms with E-state index in [2.05, 4.69) is 61.3 Å². The monoisotopic (exact) mass is 286 g/mol. The summed E-state index contributed by atoms with van der Waals surface area (Å²) in [5.41, 5.74) is 4.03. The lowest BCUT2D eigenvalue weighted by molar-refractivity contribution is 0.470. The maximum atomic E-state index is 4.41. The summed E-state index contributed by atoms with van der Waals surface area (Å²) >= 11 is 0. The predicted octanol–water partition coefficient (Wildman–Crippen LogP) is 2.85. The van der Waals surface area contributed by atoms with Crippen molar-refractivity contribution in [1.29, 1.82) is 0 Å². The fraction of sp³-hybridized carbons (Fsp3) is 0.529. The molecule has 0 amide bonds. The van der Waals surface area contributed by atoms with Crippen LogP contribution in [0.2, 0.25) is 0 Å². The number of nitrogens with zero attached hydrogens (tertiary/aromatic N) is 3. The summed E-state index contributed by atoms with van der Waals surface area (Å²) in [6, 6.07) is 7.47. The van der Waals surface area contributed by atoms with E-state index in [4.69, 9.17) is 0 Å². The van der Waals surface area contributed by atoms with Gasteiger partial charge < -0.3 is 5.32 Å². The molecule has 1 atom stereocenters. The van der Waals surface area contributed by atoms with Crippen molar-refractivity contribution in [3.8, 4) is 0 Å². The van der Waals surface area contributed by atoms with Crippen molar-refractivity contribution in [2.75, 3.05) is 7.05 Å². The molecule has 1 heterocycles. The van der Waals surface area contributed by atoms with Crippen LogP contribution in [0.4, 0.5) is 0 Å². The first kappa shape index (κ1) is 15.7. The zero-order valence-corrected chi connectivity index (χ0v) is 13.7. The normalized spacial score (nSPS) is 12.9. The van der Waals surface area contributed by atoms with E-state index in [9.17, 15) is 0 Å². The van der Waals surface area contributed by atoms with Gasteiger partial charge in [-0.1, -0.05) is 29.3 Å². The number of aryl methyl sites for hydroxylation is 2. The quantitative estimate of drug-likeness (QED) is 0.888. The SMILES string of the molecule is CNC(Cc1cc(C)cc(C)c1)Cc1ncnn1C(C)C. The van der Waals surface area contributed by atoms with Crippen LogP contribution in [-0.4, -0.2) is 27.9 Å². The molecule has 4 heteroatoms. The molecule has 1 aromatic heterocycles. The van der Waals surface area contributed by atoms with Crippen molar-refractivity contribution in [3.05, 3.63) is 47.0 Å². The van der Waals surface area contributed by atoms with Gasteiger partial charge in [0.2, 0.25) is 0 Å². The Morgan fingerprint density at radius 1 is 1.10 bits per heavy atom. The Kier molecular flexibility index (Phi) is 5.12. The second-order valence-electron chi connectivity index (χ2n) is 6.10. The average molecular weight is 286 g/mol. The summed E-state index contributed by atoms with van der Waals surface area (Å²) in [7, 11) is 2.02. The van der Waals surface area contributed by atoms with Gasteiger partial charge in [-0.05, 0) is 46.7 Å². The van der Waals surface area contributed by atoms with Gasteiger partial charge in [0.15, 0.2) is 0 Å². The molecule has 0 fully saturated rings. The Bertz CT molecular complexity index is 566. The van der Waals surface area contributed by atoms with Crippen molar-refractivity contribution < 1.29 is 0 Å². The van der Waals surface area contributed by atoms with Crippen LogP contribution < -0.4 is 5.32 Å². The molecule has 1 aromatic carbocycles. The molecule has 0 aliphatic carbocycles. The van der Waals surface area contributed by atoms with Gasteiger partial charge in [-0.15, -0.1) is 0 Å². The average Bonchev–Trinajstić information content (AvgIpc) is 2.85. The van der Waals surface area contributed by atoms with Crippen molar-refractivity contribution in [2.45, 2.75) is 52.6 Å². The molecule has 0 bridgehead atoms. The van der Waals surface area contributed by atoms with Crippen molar-refractivity contribution in [3.63, 3.8) is 0 Å². The lowest BCUT2D eigenvalue weighted by Crippen LogP contribution is -2.31. The molecule has 0 saturated carbocycles. The maximum absolute atomic E-state index is 4.41. The number of hydrogen-bond acceptors (Lipinski definition) is 3. The smallest absolute Gasteiger partial charge is 0.138 e. The summed E-state index contributed by atoms with van der Waals surface area (Å²) in [5, 5.41) is 7.73. The summed E-state index contributed by atoms with van der Waals surface area (Å²) in [6.07, 6.45) is 3.55. The summed E-state index contributed by atoms with van der Waals surface area (Å²) in [4.78, 5) is 4.41. The summed E-state index contributed by atoms with van der Waals surface area (Å²) in [5.74, 6) is 1.05. The zero-order valence-electron chi connectivity index (χ0n) is 13.7. The van der Waals surface area contributed by atoms with E-state index >= 15 is 0 Å². The number of aromatic nitrogens is 3. The topological polar surface area (TPSA) is 42.7 Å².